The van der Waals surface area contributed by atoms with Gasteiger partial charge in [0.25, 0.3) is 0 Å². The number of nitrogens with zero attached hydrogens (tertiary/aromatic N) is 3. The molecular weight excluding hydrogens is 510 g/mol. The molecule has 3 heteroatoms. The maximum Gasteiger partial charge on any atom is 0.0730 e. The zero-order chi connectivity index (χ0) is 27.6. The van der Waals surface area contributed by atoms with Gasteiger partial charge >= 0.3 is 0 Å². The lowest BCUT2D eigenvalue weighted by molar-refractivity contribution is 1.16. The van der Waals surface area contributed by atoms with E-state index in [1.165, 1.54) is 54.4 Å². The van der Waals surface area contributed by atoms with Crippen LogP contribution >= 0.6 is 0 Å². The van der Waals surface area contributed by atoms with Crippen LogP contribution < -0.4 is 0 Å². The first-order chi connectivity index (χ1) is 20.9. The topological polar surface area (TPSA) is 22.8 Å². The number of pyridine rings is 1. The molecule has 196 valence electrons. The molecule has 0 N–H and O–H groups in total. The molecule has 9 rings (SSSR count). The third-order valence-electron chi connectivity index (χ3n) is 8.57. The summed E-state index contributed by atoms with van der Waals surface area (Å²) in [5.41, 5.74) is 9.26. The smallest absolute Gasteiger partial charge is 0.0730 e. The van der Waals surface area contributed by atoms with Crippen molar-refractivity contribution < 1.29 is 0 Å². The average Bonchev–Trinajstić information content (AvgIpc) is 3.58. The van der Waals surface area contributed by atoms with Crippen molar-refractivity contribution >= 4 is 54.4 Å². The number of fused-ring (bicyclic) bond motifs is 7. The predicted molar refractivity (Wildman–Crippen MR) is 176 cm³/mol. The maximum absolute atomic E-state index is 4.84. The summed E-state index contributed by atoms with van der Waals surface area (Å²) < 4.78 is 4.77. The third-order valence-corrected chi connectivity index (χ3v) is 8.57. The minimum absolute atomic E-state index is 1.10. The summed E-state index contributed by atoms with van der Waals surface area (Å²) in [5, 5.41) is 7.39. The van der Waals surface area contributed by atoms with Crippen molar-refractivity contribution in [2.75, 3.05) is 0 Å². The van der Waals surface area contributed by atoms with E-state index in [1.807, 2.05) is 12.4 Å². The van der Waals surface area contributed by atoms with Crippen LogP contribution in [0.1, 0.15) is 0 Å². The number of aromatic nitrogens is 3. The Morgan fingerprint density at radius 3 is 1.95 bits per heavy atom. The molecule has 42 heavy (non-hydrogen) atoms. The highest BCUT2D eigenvalue weighted by molar-refractivity contribution is 6.20. The van der Waals surface area contributed by atoms with Gasteiger partial charge in [-0.1, -0.05) is 103 Å². The Kier molecular flexibility index (Phi) is 4.90. The number of hydrogen-bond donors (Lipinski definition) is 0. The Bertz CT molecular complexity index is 2460. The average molecular weight is 536 g/mol. The highest BCUT2D eigenvalue weighted by Gasteiger charge is 2.21. The predicted octanol–water partition coefficient (Wildman–Crippen LogP) is 10.1. The van der Waals surface area contributed by atoms with E-state index < -0.39 is 0 Å². The fourth-order valence-corrected chi connectivity index (χ4v) is 6.79. The molecule has 3 aromatic heterocycles. The van der Waals surface area contributed by atoms with Gasteiger partial charge in [-0.2, -0.15) is 0 Å². The number of rotatable bonds is 3. The molecule has 0 aliphatic carbocycles. The van der Waals surface area contributed by atoms with Crippen molar-refractivity contribution in [3.63, 3.8) is 0 Å². The molecule has 0 fully saturated rings. The Morgan fingerprint density at radius 2 is 1.10 bits per heavy atom. The van der Waals surface area contributed by atoms with Crippen LogP contribution in [0.4, 0.5) is 0 Å². The van der Waals surface area contributed by atoms with Crippen LogP contribution in [-0.4, -0.2) is 14.1 Å². The van der Waals surface area contributed by atoms with Crippen LogP contribution in [0.2, 0.25) is 0 Å². The molecule has 0 saturated heterocycles. The van der Waals surface area contributed by atoms with Gasteiger partial charge in [-0.15, -0.1) is 0 Å². The van der Waals surface area contributed by atoms with Crippen LogP contribution in [0, 0.1) is 0 Å². The Morgan fingerprint density at radius 1 is 0.405 bits per heavy atom. The van der Waals surface area contributed by atoms with Gasteiger partial charge < -0.3 is 9.13 Å². The zero-order valence-corrected chi connectivity index (χ0v) is 22.8. The van der Waals surface area contributed by atoms with Gasteiger partial charge in [-0.3, -0.25) is 4.98 Å². The minimum Gasteiger partial charge on any atom is -0.309 e. The van der Waals surface area contributed by atoms with Crippen molar-refractivity contribution in [1.29, 1.82) is 0 Å². The molecule has 0 saturated carbocycles. The van der Waals surface area contributed by atoms with Crippen molar-refractivity contribution in [3.8, 4) is 22.5 Å². The van der Waals surface area contributed by atoms with E-state index in [0.29, 0.717) is 0 Å². The highest BCUT2D eigenvalue weighted by atomic mass is 15.0. The molecule has 0 unspecified atom stereocenters. The van der Waals surface area contributed by atoms with E-state index in [0.717, 1.165) is 22.5 Å². The fourth-order valence-electron chi connectivity index (χ4n) is 6.79. The van der Waals surface area contributed by atoms with Crippen LogP contribution in [-0.2, 0) is 0 Å². The Labute approximate surface area is 242 Å². The summed E-state index contributed by atoms with van der Waals surface area (Å²) in [5.74, 6) is 0. The minimum atomic E-state index is 1.10. The Balaban J connectivity index is 1.43. The van der Waals surface area contributed by atoms with Gasteiger partial charge in [-0.25, -0.2) is 0 Å². The van der Waals surface area contributed by atoms with E-state index in [1.54, 1.807) is 0 Å². The summed E-state index contributed by atoms with van der Waals surface area (Å²) in [6.07, 6.45) is 4.05. The molecule has 0 aliphatic heterocycles. The third kappa shape index (κ3) is 3.25. The quantitative estimate of drug-likeness (QED) is 0.221. The van der Waals surface area contributed by atoms with E-state index in [-0.39, 0.29) is 0 Å². The van der Waals surface area contributed by atoms with E-state index in [9.17, 15) is 0 Å². The number of hydrogen-bond acceptors (Lipinski definition) is 1. The van der Waals surface area contributed by atoms with Gasteiger partial charge in [0, 0.05) is 50.2 Å². The summed E-state index contributed by atoms with van der Waals surface area (Å²) >= 11 is 0. The van der Waals surface area contributed by atoms with Gasteiger partial charge in [0.1, 0.15) is 0 Å². The van der Waals surface area contributed by atoms with Crippen molar-refractivity contribution in [2.45, 2.75) is 0 Å². The molecule has 0 bridgehead atoms. The molecule has 0 aliphatic rings. The van der Waals surface area contributed by atoms with E-state index in [2.05, 4.69) is 149 Å². The monoisotopic (exact) mass is 535 g/mol. The second-order valence-corrected chi connectivity index (χ2v) is 10.9. The normalized spacial score (nSPS) is 11.8. The standard InChI is InChI=1S/C39H25N3/c1-2-13-28(14-3-1)41-36-20-9-7-16-33(36)38-34(24-40-25-37(38)41)32-18-10-17-31-30-15-6-8-19-35(30)42(39(31)32)29-22-21-26-11-4-5-12-27(26)23-29/h1-25H. The summed E-state index contributed by atoms with van der Waals surface area (Å²) in [6, 6.07) is 50.0. The number of para-hydroxylation sites is 4. The molecular formula is C39H25N3. The molecule has 0 spiro atoms. The van der Waals surface area contributed by atoms with Crippen LogP contribution in [0.5, 0.6) is 0 Å². The molecule has 3 heterocycles. The first kappa shape index (κ1) is 23.1. The van der Waals surface area contributed by atoms with Crippen molar-refractivity contribution in [3.05, 3.63) is 152 Å². The van der Waals surface area contributed by atoms with Gasteiger partial charge in [0.15, 0.2) is 0 Å². The second kappa shape index (κ2) is 8.92. The molecule has 9 aromatic rings. The van der Waals surface area contributed by atoms with E-state index >= 15 is 0 Å². The first-order valence-corrected chi connectivity index (χ1v) is 14.3. The molecule has 6 aromatic carbocycles. The van der Waals surface area contributed by atoms with E-state index in [4.69, 9.17) is 4.98 Å². The fraction of sp³-hybridized carbons (Fsp3) is 0. The second-order valence-electron chi connectivity index (χ2n) is 10.9. The first-order valence-electron chi connectivity index (χ1n) is 14.3. The number of benzene rings is 6. The van der Waals surface area contributed by atoms with Gasteiger partial charge in [0.2, 0.25) is 0 Å². The van der Waals surface area contributed by atoms with Crippen LogP contribution in [0.25, 0.3) is 76.9 Å². The Hall–Kier alpha value is -5.67. The molecule has 0 radical (unpaired) electrons. The molecule has 3 nitrogen and oxygen atoms in total. The van der Waals surface area contributed by atoms with Crippen LogP contribution in [0.3, 0.4) is 0 Å². The van der Waals surface area contributed by atoms with Gasteiger partial charge in [-0.05, 0) is 47.2 Å². The summed E-state index contributed by atoms with van der Waals surface area (Å²) in [6.45, 7) is 0. The maximum atomic E-state index is 4.84. The van der Waals surface area contributed by atoms with Crippen molar-refractivity contribution in [1.82, 2.24) is 14.1 Å². The zero-order valence-electron chi connectivity index (χ0n) is 22.8. The summed E-state index contributed by atoms with van der Waals surface area (Å²) in [4.78, 5) is 4.84. The SMILES string of the molecule is c1ccc(-n2c3ccccc3c3c(-c4cccc5c6ccccc6n(-c6ccc7ccccc7c6)c45)cncc32)cc1. The lowest BCUT2D eigenvalue weighted by Gasteiger charge is -2.13. The van der Waals surface area contributed by atoms with Crippen LogP contribution in [0.15, 0.2) is 152 Å². The molecule has 0 amide bonds. The summed E-state index contributed by atoms with van der Waals surface area (Å²) in [7, 11) is 0. The lowest BCUT2D eigenvalue weighted by atomic mass is 9.99. The molecule has 0 atom stereocenters. The van der Waals surface area contributed by atoms with Gasteiger partial charge in [0.05, 0.1) is 28.3 Å². The highest BCUT2D eigenvalue weighted by Crippen LogP contribution is 2.43. The van der Waals surface area contributed by atoms with Crippen molar-refractivity contribution in [2.24, 2.45) is 0 Å². The largest absolute Gasteiger partial charge is 0.309 e. The lowest BCUT2D eigenvalue weighted by Crippen LogP contribution is -1.96.